The molecule has 19 heavy (non-hydrogen) atoms. The second-order valence-electron chi connectivity index (χ2n) is 4.69. The molecule has 4 nitrogen and oxygen atoms in total. The summed E-state index contributed by atoms with van der Waals surface area (Å²) in [4.78, 5) is 0. The molecule has 1 heterocycles. The summed E-state index contributed by atoms with van der Waals surface area (Å²) in [6, 6.07) is 6.06. The number of nitrogens with one attached hydrogen (secondary N) is 1. The van der Waals surface area contributed by atoms with Gasteiger partial charge >= 0.3 is 0 Å². The molecule has 1 saturated heterocycles. The molecule has 0 aliphatic carbocycles. The SMILES string of the molecule is CCNC(c1cc(OC)ccc1OC)C1CCCO1. The molecule has 1 N–H and O–H groups in total. The van der Waals surface area contributed by atoms with E-state index < -0.39 is 0 Å². The van der Waals surface area contributed by atoms with Crippen molar-refractivity contribution in [2.45, 2.75) is 31.9 Å². The molecule has 1 fully saturated rings. The first-order chi connectivity index (χ1) is 9.30. The lowest BCUT2D eigenvalue weighted by Crippen LogP contribution is -2.31. The van der Waals surface area contributed by atoms with E-state index in [0.29, 0.717) is 0 Å². The Morgan fingerprint density at radius 3 is 2.79 bits per heavy atom. The van der Waals surface area contributed by atoms with Crippen LogP contribution in [-0.4, -0.2) is 33.5 Å². The van der Waals surface area contributed by atoms with E-state index in [1.165, 1.54) is 0 Å². The van der Waals surface area contributed by atoms with Crippen molar-refractivity contribution in [2.24, 2.45) is 0 Å². The topological polar surface area (TPSA) is 39.7 Å². The molecular formula is C15H23NO3. The summed E-state index contributed by atoms with van der Waals surface area (Å²) in [5.74, 6) is 1.72. The van der Waals surface area contributed by atoms with Gasteiger partial charge in [0.05, 0.1) is 26.4 Å². The normalized spacial score (nSPS) is 20.3. The van der Waals surface area contributed by atoms with Gasteiger partial charge in [-0.05, 0) is 37.6 Å². The van der Waals surface area contributed by atoms with Gasteiger partial charge in [-0.1, -0.05) is 6.92 Å². The van der Waals surface area contributed by atoms with Crippen LogP contribution in [-0.2, 0) is 4.74 Å². The summed E-state index contributed by atoms with van der Waals surface area (Å²) in [5.41, 5.74) is 1.11. The van der Waals surface area contributed by atoms with Crippen LogP contribution in [0.2, 0.25) is 0 Å². The number of hydrogen-bond donors (Lipinski definition) is 1. The van der Waals surface area contributed by atoms with Gasteiger partial charge in [0.25, 0.3) is 0 Å². The maximum Gasteiger partial charge on any atom is 0.124 e. The van der Waals surface area contributed by atoms with Crippen molar-refractivity contribution in [3.05, 3.63) is 23.8 Å². The van der Waals surface area contributed by atoms with Gasteiger partial charge in [0.1, 0.15) is 11.5 Å². The second kappa shape index (κ2) is 6.78. The molecule has 106 valence electrons. The average Bonchev–Trinajstić information content (AvgIpc) is 2.98. The molecule has 1 aliphatic heterocycles. The van der Waals surface area contributed by atoms with E-state index in [1.807, 2.05) is 18.2 Å². The van der Waals surface area contributed by atoms with E-state index in [1.54, 1.807) is 14.2 Å². The monoisotopic (exact) mass is 265 g/mol. The number of methoxy groups -OCH3 is 2. The van der Waals surface area contributed by atoms with Gasteiger partial charge in [-0.15, -0.1) is 0 Å². The van der Waals surface area contributed by atoms with Crippen LogP contribution in [0.1, 0.15) is 31.4 Å². The fourth-order valence-corrected chi connectivity index (χ4v) is 2.61. The Morgan fingerprint density at radius 2 is 2.21 bits per heavy atom. The van der Waals surface area contributed by atoms with Crippen molar-refractivity contribution in [1.29, 1.82) is 0 Å². The Hall–Kier alpha value is -1.26. The molecule has 2 atom stereocenters. The summed E-state index contributed by atoms with van der Waals surface area (Å²) in [6.45, 7) is 3.85. The predicted molar refractivity (Wildman–Crippen MR) is 74.9 cm³/mol. The van der Waals surface area contributed by atoms with Gasteiger partial charge in [-0.25, -0.2) is 0 Å². The van der Waals surface area contributed by atoms with Gasteiger partial charge in [0.2, 0.25) is 0 Å². The van der Waals surface area contributed by atoms with E-state index in [0.717, 1.165) is 43.1 Å². The van der Waals surface area contributed by atoms with Gasteiger partial charge < -0.3 is 19.5 Å². The van der Waals surface area contributed by atoms with E-state index in [9.17, 15) is 0 Å². The summed E-state index contributed by atoms with van der Waals surface area (Å²) in [5, 5.41) is 3.51. The Bertz CT molecular complexity index is 402. The highest BCUT2D eigenvalue weighted by atomic mass is 16.5. The molecule has 0 aromatic heterocycles. The maximum atomic E-state index is 5.84. The first kappa shape index (κ1) is 14.2. The number of benzene rings is 1. The molecule has 1 aliphatic rings. The van der Waals surface area contributed by atoms with Crippen molar-refractivity contribution in [1.82, 2.24) is 5.32 Å². The minimum Gasteiger partial charge on any atom is -0.497 e. The molecule has 1 aromatic rings. The fraction of sp³-hybridized carbons (Fsp3) is 0.600. The van der Waals surface area contributed by atoms with E-state index in [4.69, 9.17) is 14.2 Å². The average molecular weight is 265 g/mol. The van der Waals surface area contributed by atoms with Crippen LogP contribution in [0, 0.1) is 0 Å². The van der Waals surface area contributed by atoms with Gasteiger partial charge in [-0.3, -0.25) is 0 Å². The highest BCUT2D eigenvalue weighted by Gasteiger charge is 2.29. The van der Waals surface area contributed by atoms with E-state index in [2.05, 4.69) is 12.2 Å². The first-order valence-corrected chi connectivity index (χ1v) is 6.87. The minimum absolute atomic E-state index is 0.151. The standard InChI is InChI=1S/C15H23NO3/c1-4-16-15(14-6-5-9-19-14)12-10-11(17-2)7-8-13(12)18-3/h7-8,10,14-16H,4-6,9H2,1-3H3. The Morgan fingerprint density at radius 1 is 1.37 bits per heavy atom. The largest absolute Gasteiger partial charge is 0.497 e. The Labute approximate surface area is 115 Å². The van der Waals surface area contributed by atoms with Crippen LogP contribution in [0.15, 0.2) is 18.2 Å². The van der Waals surface area contributed by atoms with Crippen LogP contribution in [0.25, 0.3) is 0 Å². The molecule has 2 unspecified atom stereocenters. The number of ether oxygens (including phenoxy) is 3. The molecular weight excluding hydrogens is 242 g/mol. The maximum absolute atomic E-state index is 5.84. The number of hydrogen-bond acceptors (Lipinski definition) is 4. The first-order valence-electron chi connectivity index (χ1n) is 6.87. The van der Waals surface area contributed by atoms with E-state index in [-0.39, 0.29) is 12.1 Å². The predicted octanol–water partition coefficient (Wildman–Crippen LogP) is 2.53. The van der Waals surface area contributed by atoms with Crippen molar-refractivity contribution in [3.63, 3.8) is 0 Å². The third kappa shape index (κ3) is 3.19. The van der Waals surface area contributed by atoms with Crippen molar-refractivity contribution >= 4 is 0 Å². The molecule has 0 radical (unpaired) electrons. The molecule has 0 bridgehead atoms. The highest BCUT2D eigenvalue weighted by molar-refractivity contribution is 5.42. The molecule has 4 heteroatoms. The van der Waals surface area contributed by atoms with Crippen LogP contribution < -0.4 is 14.8 Å². The van der Waals surface area contributed by atoms with Gasteiger partial charge in [0.15, 0.2) is 0 Å². The van der Waals surface area contributed by atoms with E-state index >= 15 is 0 Å². The van der Waals surface area contributed by atoms with Crippen LogP contribution in [0.5, 0.6) is 11.5 Å². The Kier molecular flexibility index (Phi) is 5.05. The third-order valence-corrected chi connectivity index (χ3v) is 3.53. The third-order valence-electron chi connectivity index (χ3n) is 3.53. The van der Waals surface area contributed by atoms with Crippen molar-refractivity contribution in [3.8, 4) is 11.5 Å². The summed E-state index contributed by atoms with van der Waals surface area (Å²) in [7, 11) is 3.38. The zero-order chi connectivity index (χ0) is 13.7. The zero-order valence-electron chi connectivity index (χ0n) is 11.9. The van der Waals surface area contributed by atoms with Crippen LogP contribution in [0.3, 0.4) is 0 Å². The van der Waals surface area contributed by atoms with Crippen molar-refractivity contribution in [2.75, 3.05) is 27.4 Å². The minimum atomic E-state index is 0.151. The highest BCUT2D eigenvalue weighted by Crippen LogP contribution is 2.34. The van der Waals surface area contributed by atoms with Crippen molar-refractivity contribution < 1.29 is 14.2 Å². The smallest absolute Gasteiger partial charge is 0.124 e. The van der Waals surface area contributed by atoms with Gasteiger partial charge in [-0.2, -0.15) is 0 Å². The second-order valence-corrected chi connectivity index (χ2v) is 4.69. The summed E-state index contributed by atoms with van der Waals surface area (Å²) < 4.78 is 16.6. The van der Waals surface area contributed by atoms with Crippen LogP contribution in [0.4, 0.5) is 0 Å². The summed E-state index contributed by atoms with van der Waals surface area (Å²) >= 11 is 0. The fourth-order valence-electron chi connectivity index (χ4n) is 2.61. The Balaban J connectivity index is 2.32. The number of likely N-dealkylation sites (N-methyl/N-ethyl adjacent to an activating group) is 1. The lowest BCUT2D eigenvalue weighted by atomic mass is 9.98. The summed E-state index contributed by atoms with van der Waals surface area (Å²) in [6.07, 6.45) is 2.41. The molecule has 0 amide bonds. The zero-order valence-corrected chi connectivity index (χ0v) is 11.9. The molecule has 0 spiro atoms. The van der Waals surface area contributed by atoms with Gasteiger partial charge in [0, 0.05) is 12.2 Å². The number of rotatable bonds is 6. The molecule has 0 saturated carbocycles. The lowest BCUT2D eigenvalue weighted by molar-refractivity contribution is 0.0779. The lowest BCUT2D eigenvalue weighted by Gasteiger charge is -2.26. The quantitative estimate of drug-likeness (QED) is 0.858. The molecule has 2 rings (SSSR count). The molecule has 1 aromatic carbocycles. The van der Waals surface area contributed by atoms with Crippen LogP contribution >= 0.6 is 0 Å².